The van der Waals surface area contributed by atoms with Crippen LogP contribution >= 0.6 is 0 Å². The lowest BCUT2D eigenvalue weighted by atomic mass is 10.1. The molecular formula is C16H16N2O3. The van der Waals surface area contributed by atoms with E-state index in [1.807, 2.05) is 0 Å². The lowest BCUT2D eigenvalue weighted by molar-refractivity contribution is -0.135. The molecule has 0 N–H and O–H groups in total. The van der Waals surface area contributed by atoms with Crippen molar-refractivity contribution < 1.29 is 14.3 Å². The second-order valence-corrected chi connectivity index (χ2v) is 4.41. The Morgan fingerprint density at radius 2 is 2.14 bits per heavy atom. The Kier molecular flexibility index (Phi) is 4.33. The number of benzene rings is 1. The number of aliphatic imine (C=N–C) groups is 1. The average molecular weight is 284 g/mol. The summed E-state index contributed by atoms with van der Waals surface area (Å²) in [4.78, 5) is 30.1. The number of carbonyl (C=O) groups is 2. The summed E-state index contributed by atoms with van der Waals surface area (Å²) >= 11 is 0. The minimum Gasteiger partial charge on any atom is -0.470 e. The zero-order chi connectivity index (χ0) is 15.4. The third-order valence-corrected chi connectivity index (χ3v) is 3.11. The van der Waals surface area contributed by atoms with Gasteiger partial charge in [0.25, 0.3) is 5.91 Å². The van der Waals surface area contributed by atoms with Gasteiger partial charge in [-0.05, 0) is 19.1 Å². The number of para-hydroxylation sites is 2. The maximum Gasteiger partial charge on any atom is 0.276 e. The van der Waals surface area contributed by atoms with Gasteiger partial charge in [0.05, 0.1) is 5.69 Å². The van der Waals surface area contributed by atoms with Gasteiger partial charge in [0.15, 0.2) is 0 Å². The van der Waals surface area contributed by atoms with Crippen molar-refractivity contribution in [2.24, 2.45) is 4.99 Å². The topological polar surface area (TPSA) is 59.0 Å². The van der Waals surface area contributed by atoms with Gasteiger partial charge in [0.1, 0.15) is 11.4 Å². The van der Waals surface area contributed by atoms with E-state index in [2.05, 4.69) is 11.6 Å². The third-order valence-electron chi connectivity index (χ3n) is 3.11. The number of Topliss-reactive ketones (excluding diaryl/α,β-unsaturated/α-hetero) is 1. The highest BCUT2D eigenvalue weighted by Gasteiger charge is 2.38. The molecule has 21 heavy (non-hydrogen) atoms. The average Bonchev–Trinajstić information content (AvgIpc) is 2.51. The van der Waals surface area contributed by atoms with Crippen molar-refractivity contribution in [2.45, 2.75) is 13.0 Å². The van der Waals surface area contributed by atoms with Gasteiger partial charge < -0.3 is 9.64 Å². The van der Waals surface area contributed by atoms with E-state index in [4.69, 9.17) is 4.74 Å². The molecule has 1 atom stereocenters. The lowest BCUT2D eigenvalue weighted by Gasteiger charge is -2.31. The van der Waals surface area contributed by atoms with Crippen LogP contribution < -0.4 is 9.64 Å². The van der Waals surface area contributed by atoms with Crippen LogP contribution in [0, 0.1) is 0 Å². The fourth-order valence-electron chi connectivity index (χ4n) is 2.02. The molecule has 1 aliphatic heterocycles. The summed E-state index contributed by atoms with van der Waals surface area (Å²) in [5.41, 5.74) is 0.809. The van der Waals surface area contributed by atoms with Crippen molar-refractivity contribution in [3.63, 3.8) is 0 Å². The van der Waals surface area contributed by atoms with Crippen LogP contribution in [0.25, 0.3) is 0 Å². The van der Waals surface area contributed by atoms with Gasteiger partial charge in [-0.2, -0.15) is 0 Å². The number of amides is 1. The van der Waals surface area contributed by atoms with E-state index in [0.29, 0.717) is 11.4 Å². The predicted octanol–water partition coefficient (Wildman–Crippen LogP) is 2.14. The molecule has 1 aliphatic rings. The molecule has 0 aromatic heterocycles. The number of fused-ring (bicyclic) bond motifs is 1. The molecule has 1 amide bonds. The zero-order valence-electron chi connectivity index (χ0n) is 11.9. The number of ketones is 1. The van der Waals surface area contributed by atoms with Crippen LogP contribution in [0.3, 0.4) is 0 Å². The number of ether oxygens (including phenoxy) is 1. The lowest BCUT2D eigenvalue weighted by Crippen LogP contribution is -2.48. The first kappa shape index (κ1) is 14.7. The SMILES string of the molecule is C=CC=N/C(=C\C)C(=O)C1Oc2ccccc2N(C)C1=O. The maximum atomic E-state index is 12.4. The molecule has 0 bridgehead atoms. The standard InChI is InChI=1S/C16H16N2O3/c1-4-10-17-11(5-2)14(19)15-16(20)18(3)12-8-6-7-9-13(12)21-15/h4-10,15H,1H2,2-3H3/b11-5-,17-10?. The molecule has 1 aromatic rings. The van der Waals surface area contributed by atoms with Crippen molar-refractivity contribution in [3.8, 4) is 5.75 Å². The van der Waals surface area contributed by atoms with Crippen LogP contribution in [0.5, 0.6) is 5.75 Å². The van der Waals surface area contributed by atoms with Crippen LogP contribution in [0.1, 0.15) is 6.92 Å². The molecular weight excluding hydrogens is 268 g/mol. The molecule has 0 saturated heterocycles. The Bertz CT molecular complexity index is 647. The summed E-state index contributed by atoms with van der Waals surface area (Å²) in [6, 6.07) is 7.08. The van der Waals surface area contributed by atoms with E-state index in [0.717, 1.165) is 0 Å². The first-order chi connectivity index (χ1) is 10.1. The number of likely N-dealkylation sites (N-methyl/N-ethyl adjacent to an activating group) is 1. The van der Waals surface area contributed by atoms with Gasteiger partial charge in [0.2, 0.25) is 11.9 Å². The Morgan fingerprint density at radius 1 is 1.43 bits per heavy atom. The zero-order valence-corrected chi connectivity index (χ0v) is 11.9. The number of carbonyl (C=O) groups excluding carboxylic acids is 2. The number of anilines is 1. The molecule has 2 rings (SSSR count). The van der Waals surface area contributed by atoms with Crippen molar-refractivity contribution in [1.29, 1.82) is 0 Å². The largest absolute Gasteiger partial charge is 0.470 e. The molecule has 108 valence electrons. The number of hydrogen-bond donors (Lipinski definition) is 0. The summed E-state index contributed by atoms with van der Waals surface area (Å²) in [5, 5.41) is 0. The van der Waals surface area contributed by atoms with Crippen molar-refractivity contribution in [1.82, 2.24) is 0 Å². The van der Waals surface area contributed by atoms with E-state index in [1.165, 1.54) is 17.2 Å². The van der Waals surface area contributed by atoms with E-state index >= 15 is 0 Å². The van der Waals surface area contributed by atoms with Gasteiger partial charge in [-0.25, -0.2) is 0 Å². The van der Waals surface area contributed by atoms with Gasteiger partial charge in [-0.15, -0.1) is 0 Å². The Labute approximate surface area is 123 Å². The molecule has 0 saturated carbocycles. The van der Waals surface area contributed by atoms with Crippen LogP contribution in [0.4, 0.5) is 5.69 Å². The fraction of sp³-hybridized carbons (Fsp3) is 0.188. The first-order valence-corrected chi connectivity index (χ1v) is 6.49. The monoisotopic (exact) mass is 284 g/mol. The van der Waals surface area contributed by atoms with Gasteiger partial charge in [0, 0.05) is 13.3 Å². The minimum atomic E-state index is -1.21. The predicted molar refractivity (Wildman–Crippen MR) is 81.7 cm³/mol. The van der Waals surface area contributed by atoms with E-state index in [9.17, 15) is 9.59 Å². The molecule has 0 fully saturated rings. The van der Waals surface area contributed by atoms with E-state index in [1.54, 1.807) is 44.3 Å². The first-order valence-electron chi connectivity index (χ1n) is 6.49. The normalized spacial score (nSPS) is 18.4. The Hall–Kier alpha value is -2.69. The second kappa shape index (κ2) is 6.17. The van der Waals surface area contributed by atoms with Gasteiger partial charge >= 0.3 is 0 Å². The Morgan fingerprint density at radius 3 is 2.81 bits per heavy atom. The van der Waals surface area contributed by atoms with Gasteiger partial charge in [-0.1, -0.05) is 30.9 Å². The third kappa shape index (κ3) is 2.76. The molecule has 0 aliphatic carbocycles. The van der Waals surface area contributed by atoms with Crippen LogP contribution in [-0.2, 0) is 9.59 Å². The number of hydrogen-bond acceptors (Lipinski definition) is 4. The van der Waals surface area contributed by atoms with E-state index < -0.39 is 17.8 Å². The van der Waals surface area contributed by atoms with Crippen LogP contribution in [0.15, 0.2) is 53.7 Å². The van der Waals surface area contributed by atoms with E-state index in [-0.39, 0.29) is 5.70 Å². The summed E-state index contributed by atoms with van der Waals surface area (Å²) in [6.45, 7) is 5.18. The second-order valence-electron chi connectivity index (χ2n) is 4.41. The molecule has 0 radical (unpaired) electrons. The minimum absolute atomic E-state index is 0.168. The number of allylic oxidation sites excluding steroid dienone is 2. The highest BCUT2D eigenvalue weighted by Crippen LogP contribution is 2.33. The number of nitrogens with zero attached hydrogens (tertiary/aromatic N) is 2. The summed E-state index contributed by atoms with van der Waals surface area (Å²) < 4.78 is 5.56. The summed E-state index contributed by atoms with van der Waals surface area (Å²) in [7, 11) is 1.62. The van der Waals surface area contributed by atoms with Gasteiger partial charge in [-0.3, -0.25) is 14.6 Å². The molecule has 1 aromatic carbocycles. The molecule has 1 heterocycles. The summed E-state index contributed by atoms with van der Waals surface area (Å²) in [6.07, 6.45) is 3.19. The fourth-order valence-corrected chi connectivity index (χ4v) is 2.02. The molecule has 5 heteroatoms. The molecule has 5 nitrogen and oxygen atoms in total. The number of rotatable bonds is 4. The van der Waals surface area contributed by atoms with Crippen molar-refractivity contribution in [3.05, 3.63) is 48.7 Å². The van der Waals surface area contributed by atoms with Crippen molar-refractivity contribution in [2.75, 3.05) is 11.9 Å². The highest BCUT2D eigenvalue weighted by atomic mass is 16.5. The van der Waals surface area contributed by atoms with Crippen LogP contribution in [0.2, 0.25) is 0 Å². The molecule has 0 spiro atoms. The quantitative estimate of drug-likeness (QED) is 0.483. The summed E-state index contributed by atoms with van der Waals surface area (Å²) in [5.74, 6) is -0.380. The maximum absolute atomic E-state index is 12.4. The highest BCUT2D eigenvalue weighted by molar-refractivity contribution is 6.18. The smallest absolute Gasteiger partial charge is 0.276 e. The van der Waals surface area contributed by atoms with Crippen molar-refractivity contribution >= 4 is 23.6 Å². The Balaban J connectivity index is 2.33. The molecule has 1 unspecified atom stereocenters. The van der Waals surface area contributed by atoms with Crippen LogP contribution in [-0.4, -0.2) is 31.1 Å².